The summed E-state index contributed by atoms with van der Waals surface area (Å²) < 4.78 is 18.0. The van der Waals surface area contributed by atoms with Crippen LogP contribution in [0.25, 0.3) is 11.3 Å². The number of rotatable bonds is 18. The van der Waals surface area contributed by atoms with Crippen LogP contribution in [0.2, 0.25) is 0 Å². The van der Waals surface area contributed by atoms with Crippen molar-refractivity contribution in [2.75, 3.05) is 19.8 Å². The second-order valence-corrected chi connectivity index (χ2v) is 10.4. The lowest BCUT2D eigenvalue weighted by molar-refractivity contribution is -0.206. The lowest BCUT2D eigenvalue weighted by Crippen LogP contribution is -2.27. The third-order valence-corrected chi connectivity index (χ3v) is 7.16. The SMILES string of the molecule is CCCCCCCCCC[C@H]1CO[C@H](c2ccc(-c3ccc(OCCCCCCC)cc3)nc2)OC1. The van der Waals surface area contributed by atoms with Crippen molar-refractivity contribution in [1.82, 2.24) is 4.98 Å². The van der Waals surface area contributed by atoms with Crippen LogP contribution in [0.1, 0.15) is 116 Å². The van der Waals surface area contributed by atoms with Crippen LogP contribution in [-0.2, 0) is 9.47 Å². The first-order valence-electron chi connectivity index (χ1n) is 14.7. The molecule has 1 aliphatic heterocycles. The van der Waals surface area contributed by atoms with E-state index in [0.29, 0.717) is 5.92 Å². The molecule has 0 N–H and O–H groups in total. The molecule has 4 nitrogen and oxygen atoms in total. The summed E-state index contributed by atoms with van der Waals surface area (Å²) in [6.45, 7) is 6.87. The topological polar surface area (TPSA) is 40.6 Å². The van der Waals surface area contributed by atoms with E-state index >= 15 is 0 Å². The van der Waals surface area contributed by atoms with Crippen molar-refractivity contribution >= 4 is 0 Å². The quantitative estimate of drug-likeness (QED) is 0.193. The Balaban J connectivity index is 1.32. The Hall–Kier alpha value is -1.91. The Labute approximate surface area is 220 Å². The third kappa shape index (κ3) is 10.6. The summed E-state index contributed by atoms with van der Waals surface area (Å²) in [6.07, 6.45) is 20.0. The van der Waals surface area contributed by atoms with Crippen molar-refractivity contribution < 1.29 is 14.2 Å². The molecule has 0 saturated carbocycles. The molecule has 200 valence electrons. The fourth-order valence-corrected chi connectivity index (χ4v) is 4.80. The third-order valence-electron chi connectivity index (χ3n) is 7.16. The van der Waals surface area contributed by atoms with Gasteiger partial charge in [0.1, 0.15) is 5.75 Å². The molecular weight excluding hydrogens is 446 g/mol. The molecule has 1 saturated heterocycles. The number of nitrogens with zero attached hydrogens (tertiary/aromatic N) is 1. The van der Waals surface area contributed by atoms with E-state index in [9.17, 15) is 0 Å². The molecule has 0 radical (unpaired) electrons. The molecule has 4 heteroatoms. The highest BCUT2D eigenvalue weighted by molar-refractivity contribution is 5.60. The van der Waals surface area contributed by atoms with Crippen molar-refractivity contribution in [3.05, 3.63) is 48.2 Å². The molecule has 0 amide bonds. The number of unbranched alkanes of at least 4 members (excludes halogenated alkanes) is 11. The van der Waals surface area contributed by atoms with E-state index in [0.717, 1.165) is 48.8 Å². The highest BCUT2D eigenvalue weighted by Crippen LogP contribution is 2.29. The molecule has 2 aromatic rings. The van der Waals surface area contributed by atoms with Crippen molar-refractivity contribution in [2.45, 2.75) is 110 Å². The van der Waals surface area contributed by atoms with Gasteiger partial charge < -0.3 is 14.2 Å². The van der Waals surface area contributed by atoms with Crippen LogP contribution in [0.4, 0.5) is 0 Å². The lowest BCUT2D eigenvalue weighted by atomic mass is 10.0. The smallest absolute Gasteiger partial charge is 0.185 e. The Morgan fingerprint density at radius 3 is 1.94 bits per heavy atom. The van der Waals surface area contributed by atoms with E-state index < -0.39 is 0 Å². The van der Waals surface area contributed by atoms with Crippen molar-refractivity contribution in [3.8, 4) is 17.0 Å². The summed E-state index contributed by atoms with van der Waals surface area (Å²) in [5.41, 5.74) is 3.04. The average Bonchev–Trinajstić information content (AvgIpc) is 2.93. The molecule has 36 heavy (non-hydrogen) atoms. The highest BCUT2D eigenvalue weighted by atomic mass is 16.7. The van der Waals surface area contributed by atoms with Gasteiger partial charge >= 0.3 is 0 Å². The Bertz CT molecular complexity index is 797. The zero-order valence-electron chi connectivity index (χ0n) is 22.9. The van der Waals surface area contributed by atoms with Gasteiger partial charge in [0.25, 0.3) is 0 Å². The molecular formula is C32H49NO3. The van der Waals surface area contributed by atoms with E-state index in [1.807, 2.05) is 18.3 Å². The van der Waals surface area contributed by atoms with Gasteiger partial charge in [0.2, 0.25) is 0 Å². The second kappa shape index (κ2) is 17.5. The van der Waals surface area contributed by atoms with Crippen LogP contribution in [0, 0.1) is 5.92 Å². The van der Waals surface area contributed by atoms with Crippen molar-refractivity contribution in [1.29, 1.82) is 0 Å². The Morgan fingerprint density at radius 2 is 1.33 bits per heavy atom. The predicted octanol–water partition coefficient (Wildman–Crippen LogP) is 9.29. The number of ether oxygens (including phenoxy) is 3. The van der Waals surface area contributed by atoms with Gasteiger partial charge in [-0.2, -0.15) is 0 Å². The molecule has 0 aliphatic carbocycles. The lowest BCUT2D eigenvalue weighted by Gasteiger charge is -2.29. The van der Waals surface area contributed by atoms with Crippen LogP contribution in [-0.4, -0.2) is 24.8 Å². The minimum absolute atomic E-state index is 0.297. The number of hydrogen-bond donors (Lipinski definition) is 0. The van der Waals surface area contributed by atoms with Gasteiger partial charge in [-0.05, 0) is 43.2 Å². The largest absolute Gasteiger partial charge is 0.494 e. The van der Waals surface area contributed by atoms with Gasteiger partial charge in [-0.15, -0.1) is 0 Å². The van der Waals surface area contributed by atoms with Gasteiger partial charge in [-0.1, -0.05) is 97.0 Å². The van der Waals surface area contributed by atoms with Crippen molar-refractivity contribution in [2.24, 2.45) is 5.92 Å². The minimum atomic E-state index is -0.297. The number of pyridine rings is 1. The molecule has 1 aromatic carbocycles. The van der Waals surface area contributed by atoms with Crippen LogP contribution in [0.5, 0.6) is 5.75 Å². The molecule has 3 rings (SSSR count). The van der Waals surface area contributed by atoms with Crippen LogP contribution in [0.15, 0.2) is 42.6 Å². The molecule has 2 heterocycles. The zero-order valence-corrected chi connectivity index (χ0v) is 22.9. The molecule has 0 bridgehead atoms. The number of benzene rings is 1. The first kappa shape index (κ1) is 28.7. The van der Waals surface area contributed by atoms with Crippen LogP contribution in [0.3, 0.4) is 0 Å². The molecule has 0 spiro atoms. The van der Waals surface area contributed by atoms with E-state index in [2.05, 4.69) is 43.1 Å². The molecule has 0 unspecified atom stereocenters. The number of aromatic nitrogens is 1. The highest BCUT2D eigenvalue weighted by Gasteiger charge is 2.23. The summed E-state index contributed by atoms with van der Waals surface area (Å²) in [5.74, 6) is 1.45. The van der Waals surface area contributed by atoms with Gasteiger partial charge in [-0.3, -0.25) is 4.98 Å². The summed E-state index contributed by atoms with van der Waals surface area (Å²) in [4.78, 5) is 4.67. The fourth-order valence-electron chi connectivity index (χ4n) is 4.80. The fraction of sp³-hybridized carbons (Fsp3) is 0.656. The van der Waals surface area contributed by atoms with E-state index in [1.165, 1.54) is 83.5 Å². The minimum Gasteiger partial charge on any atom is -0.494 e. The normalized spacial score (nSPS) is 17.8. The average molecular weight is 496 g/mol. The molecule has 1 aliphatic rings. The summed E-state index contributed by atoms with van der Waals surface area (Å²) in [7, 11) is 0. The molecule has 1 aromatic heterocycles. The summed E-state index contributed by atoms with van der Waals surface area (Å²) in [6, 6.07) is 12.4. The summed E-state index contributed by atoms with van der Waals surface area (Å²) >= 11 is 0. The zero-order chi connectivity index (χ0) is 25.3. The van der Waals surface area contributed by atoms with Gasteiger partial charge in [0.05, 0.1) is 25.5 Å². The number of hydrogen-bond acceptors (Lipinski definition) is 4. The maximum absolute atomic E-state index is 6.05. The molecule has 1 fully saturated rings. The van der Waals surface area contributed by atoms with E-state index in [-0.39, 0.29) is 6.29 Å². The maximum Gasteiger partial charge on any atom is 0.185 e. The van der Waals surface area contributed by atoms with Gasteiger partial charge in [0.15, 0.2) is 6.29 Å². The predicted molar refractivity (Wildman–Crippen MR) is 149 cm³/mol. The Kier molecular flexibility index (Phi) is 14.0. The first-order valence-corrected chi connectivity index (χ1v) is 14.7. The van der Waals surface area contributed by atoms with E-state index in [1.54, 1.807) is 0 Å². The van der Waals surface area contributed by atoms with Crippen molar-refractivity contribution in [3.63, 3.8) is 0 Å². The van der Waals surface area contributed by atoms with Crippen LogP contribution >= 0.6 is 0 Å². The standard InChI is InChI=1S/C32H49NO3/c1-3-5-7-9-10-11-12-14-16-27-25-35-32(36-26-27)29-19-22-31(33-24-29)28-17-20-30(21-18-28)34-23-15-13-8-6-4-2/h17-22,24,27,32H,3-16,23,25-26H2,1-2H3/t27-,32-. The van der Waals surface area contributed by atoms with E-state index in [4.69, 9.17) is 14.2 Å². The maximum atomic E-state index is 6.05. The first-order chi connectivity index (χ1) is 17.8. The van der Waals surface area contributed by atoms with Gasteiger partial charge in [0, 0.05) is 23.2 Å². The Morgan fingerprint density at radius 1 is 0.722 bits per heavy atom. The van der Waals surface area contributed by atoms with Crippen LogP contribution < -0.4 is 4.74 Å². The second-order valence-electron chi connectivity index (χ2n) is 10.4. The molecule has 0 atom stereocenters. The monoisotopic (exact) mass is 495 g/mol. The summed E-state index contributed by atoms with van der Waals surface area (Å²) in [5, 5.41) is 0. The van der Waals surface area contributed by atoms with Gasteiger partial charge in [-0.25, -0.2) is 0 Å².